The Labute approximate surface area is 202 Å². The van der Waals surface area contributed by atoms with Crippen molar-refractivity contribution in [2.75, 3.05) is 23.5 Å². The lowest BCUT2D eigenvalue weighted by atomic mass is 9.64. The fourth-order valence-electron chi connectivity index (χ4n) is 4.04. The van der Waals surface area contributed by atoms with Crippen LogP contribution in [0.2, 0.25) is 0 Å². The van der Waals surface area contributed by atoms with Gasteiger partial charge in [-0.1, -0.05) is 36.8 Å². The number of nitrogens with zero attached hydrogens (tertiary/aromatic N) is 2. The highest BCUT2D eigenvalue weighted by Gasteiger charge is 2.46. The number of nitrogen functional groups attached to an aromatic ring is 1. The number of aromatic nitrogens is 1. The predicted octanol–water partition coefficient (Wildman–Crippen LogP) is 4.31. The number of amides is 2. The molecule has 4 rings (SSSR count). The monoisotopic (exact) mass is 469 g/mol. The zero-order valence-electron chi connectivity index (χ0n) is 19.0. The summed E-state index contributed by atoms with van der Waals surface area (Å²) in [5, 5.41) is 5.57. The molecule has 2 aromatic carbocycles. The molecule has 3 aromatic rings. The van der Waals surface area contributed by atoms with Gasteiger partial charge in [-0.3, -0.25) is 9.59 Å². The van der Waals surface area contributed by atoms with E-state index < -0.39 is 11.4 Å². The van der Waals surface area contributed by atoms with Crippen molar-refractivity contribution < 1.29 is 19.1 Å². The Bertz CT molecular complexity index is 1340. The van der Waals surface area contributed by atoms with Crippen LogP contribution in [0, 0.1) is 6.57 Å². The van der Waals surface area contributed by atoms with Crippen LogP contribution in [-0.2, 0) is 14.9 Å². The van der Waals surface area contributed by atoms with Crippen LogP contribution in [0.4, 0.5) is 22.9 Å². The SMILES string of the molecule is [C-]#[N+]c1cccc(C(=O)Nc2ccc(C3(C(=O)Nc4cccc(C(=O)OC)c4N)CCC3)cn2)c1. The standard InChI is InChI=1S/C26H23N5O4/c1-28-18-7-3-6-16(14-18)23(32)31-21-11-10-17(15-29-21)26(12-5-13-26)25(34)30-20-9-4-8-19(22(20)27)24(33)35-2/h3-4,6-11,14-15H,5,12-13,27H2,2H3,(H,30,34)(H,29,31,32). The highest BCUT2D eigenvalue weighted by atomic mass is 16.5. The molecule has 1 saturated carbocycles. The van der Waals surface area contributed by atoms with Crippen LogP contribution in [0.3, 0.4) is 0 Å². The maximum Gasteiger partial charge on any atom is 0.340 e. The van der Waals surface area contributed by atoms with E-state index >= 15 is 0 Å². The Morgan fingerprint density at radius 2 is 1.86 bits per heavy atom. The van der Waals surface area contributed by atoms with E-state index in [0.717, 1.165) is 12.0 Å². The van der Waals surface area contributed by atoms with Crippen LogP contribution in [0.5, 0.6) is 0 Å². The number of ether oxygens (including phenoxy) is 1. The Balaban J connectivity index is 1.51. The number of carbonyl (C=O) groups excluding carboxylic acids is 3. The van der Waals surface area contributed by atoms with Crippen LogP contribution in [0.25, 0.3) is 4.85 Å². The van der Waals surface area contributed by atoms with Gasteiger partial charge in [-0.2, -0.15) is 0 Å². The Morgan fingerprint density at radius 1 is 1.09 bits per heavy atom. The molecule has 1 aromatic heterocycles. The van der Waals surface area contributed by atoms with Crippen molar-refractivity contribution in [3.05, 3.63) is 88.9 Å². The summed E-state index contributed by atoms with van der Waals surface area (Å²) < 4.78 is 4.74. The van der Waals surface area contributed by atoms with Crippen LogP contribution < -0.4 is 16.4 Å². The van der Waals surface area contributed by atoms with Crippen molar-refractivity contribution in [1.82, 2.24) is 4.98 Å². The second-order valence-electron chi connectivity index (χ2n) is 8.20. The van der Waals surface area contributed by atoms with Gasteiger partial charge >= 0.3 is 5.97 Å². The zero-order valence-corrected chi connectivity index (χ0v) is 19.0. The molecule has 0 unspecified atom stereocenters. The largest absolute Gasteiger partial charge is 0.465 e. The average Bonchev–Trinajstić information content (AvgIpc) is 2.85. The van der Waals surface area contributed by atoms with E-state index in [-0.39, 0.29) is 23.1 Å². The first-order valence-corrected chi connectivity index (χ1v) is 10.9. The molecule has 4 N–H and O–H groups in total. The molecule has 9 nitrogen and oxygen atoms in total. The number of rotatable bonds is 6. The maximum absolute atomic E-state index is 13.3. The van der Waals surface area contributed by atoms with Gasteiger partial charge in [0.05, 0.1) is 36.0 Å². The van der Waals surface area contributed by atoms with Gasteiger partial charge in [0.1, 0.15) is 5.82 Å². The van der Waals surface area contributed by atoms with E-state index in [1.54, 1.807) is 48.7 Å². The van der Waals surface area contributed by atoms with Gasteiger partial charge in [-0.05, 0) is 42.7 Å². The van der Waals surface area contributed by atoms with Gasteiger partial charge in [0.25, 0.3) is 5.91 Å². The Morgan fingerprint density at radius 3 is 2.49 bits per heavy atom. The van der Waals surface area contributed by atoms with Crippen molar-refractivity contribution in [2.24, 2.45) is 0 Å². The van der Waals surface area contributed by atoms with E-state index in [0.29, 0.717) is 35.6 Å². The first kappa shape index (κ1) is 23.4. The minimum atomic E-state index is -0.785. The maximum atomic E-state index is 13.3. The zero-order chi connectivity index (χ0) is 25.0. The fourth-order valence-corrected chi connectivity index (χ4v) is 4.04. The summed E-state index contributed by atoms with van der Waals surface area (Å²) in [4.78, 5) is 45.4. The molecule has 0 spiro atoms. The molecule has 2 amide bonds. The molecular weight excluding hydrogens is 446 g/mol. The molecule has 0 saturated heterocycles. The molecule has 1 aliphatic carbocycles. The topological polar surface area (TPSA) is 128 Å². The van der Waals surface area contributed by atoms with Gasteiger partial charge in [-0.25, -0.2) is 14.6 Å². The van der Waals surface area contributed by atoms with Crippen LogP contribution in [-0.4, -0.2) is 29.9 Å². The van der Waals surface area contributed by atoms with Gasteiger partial charge in [-0.15, -0.1) is 0 Å². The number of nitrogens with two attached hydrogens (primary N) is 1. The van der Waals surface area contributed by atoms with Crippen molar-refractivity contribution in [3.8, 4) is 0 Å². The summed E-state index contributed by atoms with van der Waals surface area (Å²) in [6.45, 7) is 7.08. The molecular formula is C26H23N5O4. The van der Waals surface area contributed by atoms with Crippen molar-refractivity contribution >= 4 is 40.7 Å². The molecule has 35 heavy (non-hydrogen) atoms. The summed E-state index contributed by atoms with van der Waals surface area (Å²) in [5.74, 6) is -0.878. The van der Waals surface area contributed by atoms with Crippen LogP contribution in [0.15, 0.2) is 60.8 Å². The van der Waals surface area contributed by atoms with E-state index in [4.69, 9.17) is 17.0 Å². The lowest BCUT2D eigenvalue weighted by molar-refractivity contribution is -0.124. The number of nitrogens with one attached hydrogen (secondary N) is 2. The highest BCUT2D eigenvalue weighted by Crippen LogP contribution is 2.45. The van der Waals surface area contributed by atoms with Crippen molar-refractivity contribution in [2.45, 2.75) is 24.7 Å². The number of hydrogen-bond acceptors (Lipinski definition) is 6. The summed E-state index contributed by atoms with van der Waals surface area (Å²) in [6.07, 6.45) is 3.72. The first-order valence-electron chi connectivity index (χ1n) is 10.9. The molecule has 1 heterocycles. The number of benzene rings is 2. The predicted molar refractivity (Wildman–Crippen MR) is 131 cm³/mol. The number of pyridine rings is 1. The summed E-state index contributed by atoms with van der Waals surface area (Å²) in [7, 11) is 1.26. The first-order chi connectivity index (χ1) is 16.9. The molecule has 1 aliphatic rings. The molecule has 0 atom stereocenters. The third-order valence-electron chi connectivity index (χ3n) is 6.20. The van der Waals surface area contributed by atoms with Gasteiger partial charge in [0.15, 0.2) is 5.69 Å². The van der Waals surface area contributed by atoms with Crippen LogP contribution in [0.1, 0.15) is 45.5 Å². The third-order valence-corrected chi connectivity index (χ3v) is 6.20. The average molecular weight is 470 g/mol. The van der Waals surface area contributed by atoms with E-state index in [2.05, 4.69) is 20.5 Å². The van der Waals surface area contributed by atoms with Crippen molar-refractivity contribution in [3.63, 3.8) is 0 Å². The number of carbonyl (C=O) groups is 3. The van der Waals surface area contributed by atoms with E-state index in [1.165, 1.54) is 19.2 Å². The number of hydrogen-bond donors (Lipinski definition) is 3. The molecule has 0 bridgehead atoms. The number of para-hydroxylation sites is 1. The normalized spacial score (nSPS) is 13.6. The Kier molecular flexibility index (Phi) is 6.46. The highest BCUT2D eigenvalue weighted by molar-refractivity contribution is 6.06. The van der Waals surface area contributed by atoms with Gasteiger partial charge in [0.2, 0.25) is 5.91 Å². The lowest BCUT2D eigenvalue weighted by Crippen LogP contribution is -2.46. The Hall–Kier alpha value is -4.71. The fraction of sp³-hybridized carbons (Fsp3) is 0.192. The second-order valence-corrected chi connectivity index (χ2v) is 8.20. The molecule has 1 fully saturated rings. The number of anilines is 3. The minimum Gasteiger partial charge on any atom is -0.465 e. The second kappa shape index (κ2) is 9.65. The van der Waals surface area contributed by atoms with Gasteiger partial charge in [0, 0.05) is 11.8 Å². The third kappa shape index (κ3) is 4.54. The molecule has 0 aliphatic heterocycles. The summed E-state index contributed by atoms with van der Waals surface area (Å²) in [5.41, 5.74) is 7.41. The van der Waals surface area contributed by atoms with Crippen LogP contribution >= 0.6 is 0 Å². The molecule has 176 valence electrons. The van der Waals surface area contributed by atoms with E-state index in [1.807, 2.05) is 0 Å². The number of methoxy groups -OCH3 is 1. The lowest BCUT2D eigenvalue weighted by Gasteiger charge is -2.40. The van der Waals surface area contributed by atoms with Crippen molar-refractivity contribution in [1.29, 1.82) is 0 Å². The quantitative estimate of drug-likeness (QED) is 0.280. The van der Waals surface area contributed by atoms with Gasteiger partial charge < -0.3 is 21.1 Å². The summed E-state index contributed by atoms with van der Waals surface area (Å²) in [6, 6.07) is 14.6. The number of esters is 1. The van der Waals surface area contributed by atoms with E-state index in [9.17, 15) is 14.4 Å². The molecule has 0 radical (unpaired) electrons. The minimum absolute atomic E-state index is 0.139. The smallest absolute Gasteiger partial charge is 0.340 e. The summed E-state index contributed by atoms with van der Waals surface area (Å²) >= 11 is 0. The molecule has 9 heteroatoms.